The SMILES string of the molecule is CCN1CCN(CC(C)CNC(=NC)NCC(C(C)C)N2CCCCCC2)CC1. The Bertz CT molecular complexity index is 450. The molecular formula is C23H48N6. The summed E-state index contributed by atoms with van der Waals surface area (Å²) in [5.74, 6) is 2.22. The number of likely N-dealkylation sites (N-methyl/N-ethyl adjacent to an activating group) is 1. The van der Waals surface area contributed by atoms with E-state index in [9.17, 15) is 0 Å². The van der Waals surface area contributed by atoms with E-state index in [4.69, 9.17) is 0 Å². The number of hydrogen-bond acceptors (Lipinski definition) is 4. The summed E-state index contributed by atoms with van der Waals surface area (Å²) in [6.45, 7) is 21.0. The van der Waals surface area contributed by atoms with Crippen LogP contribution >= 0.6 is 0 Å². The second kappa shape index (κ2) is 13.5. The first kappa shape index (κ1) is 24.4. The third-order valence-electron chi connectivity index (χ3n) is 6.68. The smallest absolute Gasteiger partial charge is 0.191 e. The van der Waals surface area contributed by atoms with Crippen LogP contribution in [0.5, 0.6) is 0 Å². The van der Waals surface area contributed by atoms with Crippen molar-refractivity contribution in [1.29, 1.82) is 0 Å². The summed E-state index contributed by atoms with van der Waals surface area (Å²) in [7, 11) is 1.89. The van der Waals surface area contributed by atoms with Gasteiger partial charge in [-0.25, -0.2) is 0 Å². The summed E-state index contributed by atoms with van der Waals surface area (Å²) < 4.78 is 0. The normalized spacial score (nSPS) is 23.0. The van der Waals surface area contributed by atoms with Gasteiger partial charge in [-0.15, -0.1) is 0 Å². The first-order valence-electron chi connectivity index (χ1n) is 12.2. The molecule has 0 radical (unpaired) electrons. The lowest BCUT2D eigenvalue weighted by molar-refractivity contribution is 0.124. The van der Waals surface area contributed by atoms with E-state index in [1.807, 2.05) is 7.05 Å². The van der Waals surface area contributed by atoms with Crippen molar-refractivity contribution in [3.05, 3.63) is 0 Å². The maximum absolute atomic E-state index is 4.48. The molecule has 0 bridgehead atoms. The summed E-state index contributed by atoms with van der Waals surface area (Å²) in [6.07, 6.45) is 5.48. The molecule has 2 heterocycles. The zero-order chi connectivity index (χ0) is 21.1. The molecule has 170 valence electrons. The molecular weight excluding hydrogens is 360 g/mol. The van der Waals surface area contributed by atoms with Crippen LogP contribution in [0, 0.1) is 11.8 Å². The van der Waals surface area contributed by atoms with Crippen LogP contribution in [0.15, 0.2) is 4.99 Å². The summed E-state index contributed by atoms with van der Waals surface area (Å²) in [5, 5.41) is 7.19. The van der Waals surface area contributed by atoms with Crippen molar-refractivity contribution in [2.75, 3.05) is 72.5 Å². The molecule has 6 nitrogen and oxygen atoms in total. The van der Waals surface area contributed by atoms with E-state index < -0.39 is 0 Å². The maximum atomic E-state index is 4.48. The highest BCUT2D eigenvalue weighted by Crippen LogP contribution is 2.17. The fraction of sp³-hybridized carbons (Fsp3) is 0.957. The molecule has 2 rings (SSSR count). The quantitative estimate of drug-likeness (QED) is 0.453. The number of hydrogen-bond donors (Lipinski definition) is 2. The van der Waals surface area contributed by atoms with Gasteiger partial charge in [-0.05, 0) is 44.3 Å². The van der Waals surface area contributed by atoms with E-state index in [1.54, 1.807) is 0 Å². The number of aliphatic imine (C=N–C) groups is 1. The van der Waals surface area contributed by atoms with Gasteiger partial charge in [-0.3, -0.25) is 9.89 Å². The van der Waals surface area contributed by atoms with Gasteiger partial charge in [-0.2, -0.15) is 0 Å². The van der Waals surface area contributed by atoms with E-state index in [0.717, 1.165) is 19.0 Å². The average molecular weight is 409 g/mol. The summed E-state index contributed by atoms with van der Waals surface area (Å²) in [4.78, 5) is 12.3. The van der Waals surface area contributed by atoms with Gasteiger partial charge in [-0.1, -0.05) is 40.5 Å². The van der Waals surface area contributed by atoms with Crippen LogP contribution in [0.2, 0.25) is 0 Å². The Hall–Kier alpha value is -0.850. The molecule has 2 aliphatic heterocycles. The fourth-order valence-electron chi connectivity index (χ4n) is 4.70. The van der Waals surface area contributed by atoms with E-state index in [1.165, 1.54) is 78.0 Å². The fourth-order valence-corrected chi connectivity index (χ4v) is 4.70. The van der Waals surface area contributed by atoms with Crippen LogP contribution in [0.4, 0.5) is 0 Å². The van der Waals surface area contributed by atoms with Gasteiger partial charge >= 0.3 is 0 Å². The van der Waals surface area contributed by atoms with Crippen molar-refractivity contribution in [3.63, 3.8) is 0 Å². The van der Waals surface area contributed by atoms with Gasteiger partial charge in [0.2, 0.25) is 0 Å². The Labute approximate surface area is 180 Å². The summed E-state index contributed by atoms with van der Waals surface area (Å²) >= 11 is 0. The van der Waals surface area contributed by atoms with Crippen LogP contribution in [0.1, 0.15) is 53.4 Å². The molecule has 2 fully saturated rings. The highest BCUT2D eigenvalue weighted by Gasteiger charge is 2.23. The molecule has 2 saturated heterocycles. The number of nitrogens with one attached hydrogen (secondary N) is 2. The van der Waals surface area contributed by atoms with E-state index in [2.05, 4.69) is 58.0 Å². The molecule has 0 spiro atoms. The monoisotopic (exact) mass is 408 g/mol. The van der Waals surface area contributed by atoms with Crippen LogP contribution in [0.25, 0.3) is 0 Å². The highest BCUT2D eigenvalue weighted by atomic mass is 15.3. The van der Waals surface area contributed by atoms with Gasteiger partial charge in [0.25, 0.3) is 0 Å². The third kappa shape index (κ3) is 8.81. The Balaban J connectivity index is 1.71. The van der Waals surface area contributed by atoms with Gasteiger partial charge in [0.1, 0.15) is 0 Å². The van der Waals surface area contributed by atoms with E-state index in [-0.39, 0.29) is 0 Å². The first-order chi connectivity index (χ1) is 14.0. The molecule has 0 aromatic carbocycles. The summed E-state index contributed by atoms with van der Waals surface area (Å²) in [6, 6.07) is 0.582. The maximum Gasteiger partial charge on any atom is 0.191 e. The van der Waals surface area contributed by atoms with Crippen LogP contribution in [-0.4, -0.2) is 99.2 Å². The van der Waals surface area contributed by atoms with Crippen LogP contribution in [-0.2, 0) is 0 Å². The van der Waals surface area contributed by atoms with Gasteiger partial charge in [0.05, 0.1) is 0 Å². The Morgan fingerprint density at radius 2 is 1.41 bits per heavy atom. The first-order valence-corrected chi connectivity index (χ1v) is 12.2. The largest absolute Gasteiger partial charge is 0.356 e. The minimum atomic E-state index is 0.582. The molecule has 6 heteroatoms. The molecule has 0 aromatic heterocycles. The standard InChI is InChI=1S/C23H48N6/c1-6-27-13-15-28(16-14-27)19-21(4)17-25-23(24-5)26-18-22(20(2)3)29-11-9-7-8-10-12-29/h20-22H,6-19H2,1-5H3,(H2,24,25,26). The van der Waals surface area contributed by atoms with Crippen LogP contribution < -0.4 is 10.6 Å². The topological polar surface area (TPSA) is 46.1 Å². The molecule has 0 aliphatic carbocycles. The van der Waals surface area contributed by atoms with Gasteiger partial charge < -0.3 is 20.4 Å². The molecule has 2 N–H and O–H groups in total. The third-order valence-corrected chi connectivity index (χ3v) is 6.68. The van der Waals surface area contributed by atoms with Gasteiger partial charge in [0.15, 0.2) is 5.96 Å². The van der Waals surface area contributed by atoms with Gasteiger partial charge in [0, 0.05) is 58.9 Å². The second-order valence-electron chi connectivity index (χ2n) is 9.44. The minimum absolute atomic E-state index is 0.582. The lowest BCUT2D eigenvalue weighted by Gasteiger charge is -2.35. The zero-order valence-corrected chi connectivity index (χ0v) is 19.9. The Kier molecular flexibility index (Phi) is 11.3. The number of likely N-dealkylation sites (tertiary alicyclic amines) is 1. The number of piperazine rings is 1. The lowest BCUT2D eigenvalue weighted by atomic mass is 10.0. The highest BCUT2D eigenvalue weighted by molar-refractivity contribution is 5.79. The molecule has 2 unspecified atom stereocenters. The van der Waals surface area contributed by atoms with Crippen molar-refractivity contribution >= 4 is 5.96 Å². The molecule has 29 heavy (non-hydrogen) atoms. The van der Waals surface area contributed by atoms with Crippen molar-refractivity contribution in [1.82, 2.24) is 25.3 Å². The molecule has 0 amide bonds. The van der Waals surface area contributed by atoms with Crippen molar-refractivity contribution < 1.29 is 0 Å². The molecule has 2 atom stereocenters. The Morgan fingerprint density at radius 1 is 0.828 bits per heavy atom. The predicted molar refractivity (Wildman–Crippen MR) is 126 cm³/mol. The second-order valence-corrected chi connectivity index (χ2v) is 9.44. The minimum Gasteiger partial charge on any atom is -0.356 e. The summed E-state index contributed by atoms with van der Waals surface area (Å²) in [5.41, 5.74) is 0. The Morgan fingerprint density at radius 3 is 1.97 bits per heavy atom. The molecule has 0 saturated carbocycles. The average Bonchev–Trinajstić information content (AvgIpc) is 3.00. The molecule has 2 aliphatic rings. The van der Waals surface area contributed by atoms with Crippen molar-refractivity contribution in [2.24, 2.45) is 16.8 Å². The number of guanidine groups is 1. The predicted octanol–water partition coefficient (Wildman–Crippen LogP) is 2.33. The number of nitrogens with zero attached hydrogens (tertiary/aromatic N) is 4. The van der Waals surface area contributed by atoms with E-state index in [0.29, 0.717) is 17.9 Å². The zero-order valence-electron chi connectivity index (χ0n) is 19.9. The number of rotatable bonds is 9. The lowest BCUT2D eigenvalue weighted by Crippen LogP contribution is -2.51. The molecule has 0 aromatic rings. The van der Waals surface area contributed by atoms with Crippen molar-refractivity contribution in [3.8, 4) is 0 Å². The van der Waals surface area contributed by atoms with Crippen LogP contribution in [0.3, 0.4) is 0 Å². The van der Waals surface area contributed by atoms with E-state index >= 15 is 0 Å². The van der Waals surface area contributed by atoms with Crippen molar-refractivity contribution in [2.45, 2.75) is 59.4 Å².